The van der Waals surface area contributed by atoms with Gasteiger partial charge in [-0.2, -0.15) is 0 Å². The molecule has 20 heavy (non-hydrogen) atoms. The average Bonchev–Trinajstić information content (AvgIpc) is 2.90. The van der Waals surface area contributed by atoms with Gasteiger partial charge in [0.15, 0.2) is 0 Å². The third-order valence-corrected chi connectivity index (χ3v) is 3.75. The Morgan fingerprint density at radius 1 is 1.30 bits per heavy atom. The maximum Gasteiger partial charge on any atom is 0.323 e. The molecule has 0 radical (unpaired) electrons. The fourth-order valence-electron chi connectivity index (χ4n) is 2.31. The molecule has 1 N–H and O–H groups in total. The van der Waals surface area contributed by atoms with Gasteiger partial charge in [0.25, 0.3) is 0 Å². The lowest BCUT2D eigenvalue weighted by Crippen LogP contribution is -2.38. The van der Waals surface area contributed by atoms with Crippen molar-refractivity contribution in [1.82, 2.24) is 4.90 Å². The van der Waals surface area contributed by atoms with Crippen LogP contribution < -0.4 is 0 Å². The number of carbonyl (C=O) groups excluding carboxylic acids is 1. The van der Waals surface area contributed by atoms with Gasteiger partial charge in [-0.25, -0.2) is 0 Å². The van der Waals surface area contributed by atoms with Crippen LogP contribution in [0.3, 0.4) is 0 Å². The van der Waals surface area contributed by atoms with Gasteiger partial charge in [-0.15, -0.1) is 0 Å². The summed E-state index contributed by atoms with van der Waals surface area (Å²) < 4.78 is 0.917. The first kappa shape index (κ1) is 14.8. The van der Waals surface area contributed by atoms with Gasteiger partial charge in [0.05, 0.1) is 0 Å². The maximum absolute atomic E-state index is 12.4. The zero-order valence-corrected chi connectivity index (χ0v) is 12.5. The molecule has 1 aromatic carbocycles. The van der Waals surface area contributed by atoms with E-state index < -0.39 is 5.97 Å². The number of aliphatic carboxylic acids is 1. The Morgan fingerprint density at radius 3 is 2.60 bits per heavy atom. The molecule has 106 valence electrons. The predicted molar refractivity (Wildman–Crippen MR) is 79.1 cm³/mol. The molecule has 1 aliphatic carbocycles. The lowest BCUT2D eigenvalue weighted by Gasteiger charge is -2.24. The Balaban J connectivity index is 2.10. The number of allylic oxidation sites excluding steroid dienone is 2. The van der Waals surface area contributed by atoms with Crippen LogP contribution in [0, 0.1) is 5.92 Å². The van der Waals surface area contributed by atoms with E-state index in [1.54, 1.807) is 0 Å². The number of hydrogen-bond donors (Lipinski definition) is 1. The minimum Gasteiger partial charge on any atom is -0.480 e. The second-order valence-corrected chi connectivity index (χ2v) is 5.77. The molecule has 0 fully saturated rings. The van der Waals surface area contributed by atoms with Gasteiger partial charge in [-0.3, -0.25) is 9.59 Å². The number of amides is 1. The fraction of sp³-hybridized carbons (Fsp3) is 0.333. The highest BCUT2D eigenvalue weighted by molar-refractivity contribution is 9.10. The van der Waals surface area contributed by atoms with Crippen LogP contribution in [-0.2, 0) is 16.1 Å². The Hall–Kier alpha value is -1.62. The van der Waals surface area contributed by atoms with Gasteiger partial charge in [0.2, 0.25) is 5.91 Å². The van der Waals surface area contributed by atoms with Gasteiger partial charge in [0.1, 0.15) is 6.54 Å². The number of carboxylic acid groups (broad SMARTS) is 1. The Kier molecular flexibility index (Phi) is 4.95. The standard InChI is InChI=1S/C15H16BrNO3/c16-13-7-3-4-11(8-13)9-17(10-14(18)19)15(20)12-5-1-2-6-12/h1-4,7-8,12H,5-6,9-10H2,(H,18,19). The third-order valence-electron chi connectivity index (χ3n) is 3.26. The summed E-state index contributed by atoms with van der Waals surface area (Å²) in [4.78, 5) is 24.8. The molecule has 1 aliphatic rings. The van der Waals surface area contributed by atoms with E-state index in [4.69, 9.17) is 5.11 Å². The molecule has 0 atom stereocenters. The monoisotopic (exact) mass is 337 g/mol. The third kappa shape index (κ3) is 3.93. The molecule has 0 heterocycles. The average molecular weight is 338 g/mol. The molecule has 0 bridgehead atoms. The first-order chi connectivity index (χ1) is 9.56. The van der Waals surface area contributed by atoms with Crippen LogP contribution in [0.4, 0.5) is 0 Å². The van der Waals surface area contributed by atoms with E-state index in [1.165, 1.54) is 4.90 Å². The Morgan fingerprint density at radius 2 is 2.00 bits per heavy atom. The van der Waals surface area contributed by atoms with Crippen molar-refractivity contribution in [3.8, 4) is 0 Å². The van der Waals surface area contributed by atoms with Crippen LogP contribution >= 0.6 is 15.9 Å². The van der Waals surface area contributed by atoms with Crippen LogP contribution in [0.2, 0.25) is 0 Å². The van der Waals surface area contributed by atoms with Crippen LogP contribution in [0.5, 0.6) is 0 Å². The minimum atomic E-state index is -0.987. The van der Waals surface area contributed by atoms with Gasteiger partial charge in [-0.1, -0.05) is 40.2 Å². The highest BCUT2D eigenvalue weighted by atomic mass is 79.9. The van der Waals surface area contributed by atoms with E-state index in [-0.39, 0.29) is 18.4 Å². The summed E-state index contributed by atoms with van der Waals surface area (Å²) in [6, 6.07) is 7.56. The number of carbonyl (C=O) groups is 2. The van der Waals surface area contributed by atoms with Gasteiger partial charge in [0, 0.05) is 16.9 Å². The number of nitrogens with zero attached hydrogens (tertiary/aromatic N) is 1. The molecule has 1 amide bonds. The lowest BCUT2D eigenvalue weighted by atomic mass is 10.1. The number of carboxylic acids is 1. The second kappa shape index (κ2) is 6.70. The molecule has 0 spiro atoms. The van der Waals surface area contributed by atoms with Crippen molar-refractivity contribution in [1.29, 1.82) is 0 Å². The zero-order valence-electron chi connectivity index (χ0n) is 11.0. The smallest absolute Gasteiger partial charge is 0.323 e. The summed E-state index contributed by atoms with van der Waals surface area (Å²) >= 11 is 3.38. The summed E-state index contributed by atoms with van der Waals surface area (Å²) in [5.74, 6) is -1.18. The van der Waals surface area contributed by atoms with E-state index in [1.807, 2.05) is 36.4 Å². The largest absolute Gasteiger partial charge is 0.480 e. The zero-order chi connectivity index (χ0) is 14.5. The molecule has 1 aromatic rings. The first-order valence-corrected chi connectivity index (χ1v) is 7.25. The SMILES string of the molecule is O=C(O)CN(Cc1cccc(Br)c1)C(=O)C1CC=CC1. The van der Waals surface area contributed by atoms with E-state index >= 15 is 0 Å². The molecule has 2 rings (SSSR count). The molecule has 5 heteroatoms. The summed E-state index contributed by atoms with van der Waals surface area (Å²) in [6.45, 7) is 0.0585. The number of hydrogen-bond acceptors (Lipinski definition) is 2. The van der Waals surface area contributed by atoms with Crippen molar-refractivity contribution in [2.24, 2.45) is 5.92 Å². The number of halogens is 1. The van der Waals surface area contributed by atoms with Gasteiger partial charge >= 0.3 is 5.97 Å². The van der Waals surface area contributed by atoms with Crippen LogP contribution in [0.25, 0.3) is 0 Å². The Labute approximate surface area is 126 Å². The number of rotatable bonds is 5. The van der Waals surface area contributed by atoms with Crippen LogP contribution in [0.15, 0.2) is 40.9 Å². The van der Waals surface area contributed by atoms with Crippen LogP contribution in [-0.4, -0.2) is 28.4 Å². The molecule has 0 saturated carbocycles. The molecule has 0 aromatic heterocycles. The molecule has 0 saturated heterocycles. The maximum atomic E-state index is 12.4. The van der Waals surface area contributed by atoms with E-state index in [0.717, 1.165) is 10.0 Å². The van der Waals surface area contributed by atoms with Crippen molar-refractivity contribution in [2.45, 2.75) is 19.4 Å². The first-order valence-electron chi connectivity index (χ1n) is 6.46. The summed E-state index contributed by atoms with van der Waals surface area (Å²) in [7, 11) is 0. The molecular formula is C15H16BrNO3. The van der Waals surface area contributed by atoms with Crippen molar-refractivity contribution in [3.63, 3.8) is 0 Å². The quantitative estimate of drug-likeness (QED) is 0.840. The molecule has 0 aliphatic heterocycles. The second-order valence-electron chi connectivity index (χ2n) is 4.86. The van der Waals surface area contributed by atoms with Crippen molar-refractivity contribution < 1.29 is 14.7 Å². The number of benzene rings is 1. The summed E-state index contributed by atoms with van der Waals surface area (Å²) in [6.07, 6.45) is 5.35. The normalized spacial score (nSPS) is 14.4. The highest BCUT2D eigenvalue weighted by Crippen LogP contribution is 2.22. The Bertz CT molecular complexity index is 534. The van der Waals surface area contributed by atoms with E-state index in [2.05, 4.69) is 15.9 Å². The minimum absolute atomic E-state index is 0.0858. The summed E-state index contributed by atoms with van der Waals surface area (Å²) in [5.41, 5.74) is 0.917. The van der Waals surface area contributed by atoms with Gasteiger partial charge in [-0.05, 0) is 30.5 Å². The molecular weight excluding hydrogens is 322 g/mol. The molecule has 4 nitrogen and oxygen atoms in total. The highest BCUT2D eigenvalue weighted by Gasteiger charge is 2.26. The topological polar surface area (TPSA) is 57.6 Å². The van der Waals surface area contributed by atoms with Crippen molar-refractivity contribution >= 4 is 27.8 Å². The lowest BCUT2D eigenvalue weighted by molar-refractivity contribution is -0.146. The molecule has 0 unspecified atom stereocenters. The van der Waals surface area contributed by atoms with Crippen LogP contribution in [0.1, 0.15) is 18.4 Å². The predicted octanol–water partition coefficient (Wildman–Crippen LogP) is 2.83. The van der Waals surface area contributed by atoms with E-state index in [0.29, 0.717) is 19.4 Å². The fourth-order valence-corrected chi connectivity index (χ4v) is 2.75. The van der Waals surface area contributed by atoms with Crippen molar-refractivity contribution in [3.05, 3.63) is 46.5 Å². The van der Waals surface area contributed by atoms with Crippen molar-refractivity contribution in [2.75, 3.05) is 6.54 Å². The van der Waals surface area contributed by atoms with Gasteiger partial charge < -0.3 is 10.0 Å². The van der Waals surface area contributed by atoms with E-state index in [9.17, 15) is 9.59 Å². The summed E-state index contributed by atoms with van der Waals surface area (Å²) in [5, 5.41) is 8.99.